The molecular formula is C7H7BClNO4. The first-order valence-corrected chi connectivity index (χ1v) is 4.11. The Kier molecular flexibility index (Phi) is 3.46. The second kappa shape index (κ2) is 4.41. The molecule has 0 saturated heterocycles. The van der Waals surface area contributed by atoms with E-state index in [1.165, 1.54) is 12.1 Å². The Balaban J connectivity index is 3.09. The third-order valence-corrected chi connectivity index (χ3v) is 1.78. The van der Waals surface area contributed by atoms with Gasteiger partial charge in [-0.3, -0.25) is 4.79 Å². The van der Waals surface area contributed by atoms with Gasteiger partial charge < -0.3 is 15.2 Å². The van der Waals surface area contributed by atoms with E-state index in [1.54, 1.807) is 0 Å². The van der Waals surface area contributed by atoms with Crippen LogP contribution < -0.4 is 5.46 Å². The molecule has 0 aliphatic carbocycles. The summed E-state index contributed by atoms with van der Waals surface area (Å²) >= 11 is 5.54. The number of nitrogens with zero attached hydrogens (tertiary/aromatic N) is 1. The lowest BCUT2D eigenvalue weighted by Crippen LogP contribution is -2.34. The van der Waals surface area contributed by atoms with Crippen LogP contribution in [0.5, 0.6) is 0 Å². The van der Waals surface area contributed by atoms with Crippen molar-refractivity contribution in [3.63, 3.8) is 0 Å². The number of halogens is 1. The van der Waals surface area contributed by atoms with Crippen molar-refractivity contribution in [2.24, 2.45) is 0 Å². The normalized spacial score (nSPS) is 9.93. The SMILES string of the molecule is O=C(O)Cc1nc(Cl)ccc1B(O)O. The summed E-state index contributed by atoms with van der Waals surface area (Å²) in [5.41, 5.74) is 0.108. The summed E-state index contributed by atoms with van der Waals surface area (Å²) in [5.74, 6) is -1.11. The molecule has 1 aromatic heterocycles. The molecule has 0 radical (unpaired) electrons. The van der Waals surface area contributed by atoms with Crippen molar-refractivity contribution in [3.05, 3.63) is 23.0 Å². The van der Waals surface area contributed by atoms with Crippen molar-refractivity contribution < 1.29 is 19.9 Å². The average molecular weight is 215 g/mol. The zero-order valence-electron chi connectivity index (χ0n) is 7.01. The molecule has 7 heteroatoms. The minimum atomic E-state index is -1.74. The Bertz CT molecular complexity index is 358. The molecule has 1 rings (SSSR count). The summed E-state index contributed by atoms with van der Waals surface area (Å²) in [6, 6.07) is 2.69. The minimum Gasteiger partial charge on any atom is -0.481 e. The highest BCUT2D eigenvalue weighted by atomic mass is 35.5. The highest BCUT2D eigenvalue weighted by molar-refractivity contribution is 6.59. The van der Waals surface area contributed by atoms with Gasteiger partial charge in [0.05, 0.1) is 12.1 Å². The van der Waals surface area contributed by atoms with Crippen molar-refractivity contribution in [1.29, 1.82) is 0 Å². The van der Waals surface area contributed by atoms with E-state index in [1.807, 2.05) is 0 Å². The highest BCUT2D eigenvalue weighted by Gasteiger charge is 2.18. The molecule has 14 heavy (non-hydrogen) atoms. The second-order valence-corrected chi connectivity index (χ2v) is 3.00. The fraction of sp³-hybridized carbons (Fsp3) is 0.143. The lowest BCUT2D eigenvalue weighted by molar-refractivity contribution is -0.136. The number of carboxylic acid groups (broad SMARTS) is 1. The van der Waals surface area contributed by atoms with Crippen molar-refractivity contribution in [2.75, 3.05) is 0 Å². The smallest absolute Gasteiger partial charge is 0.481 e. The van der Waals surface area contributed by atoms with Crippen LogP contribution in [0.25, 0.3) is 0 Å². The van der Waals surface area contributed by atoms with Gasteiger partial charge in [0.1, 0.15) is 5.15 Å². The summed E-state index contributed by atoms with van der Waals surface area (Å²) in [6.45, 7) is 0. The number of hydrogen-bond donors (Lipinski definition) is 3. The van der Waals surface area contributed by atoms with Crippen LogP contribution in [0.15, 0.2) is 12.1 Å². The van der Waals surface area contributed by atoms with Gasteiger partial charge in [0, 0.05) is 5.46 Å². The largest absolute Gasteiger partial charge is 0.490 e. The van der Waals surface area contributed by atoms with Crippen molar-refractivity contribution in [2.45, 2.75) is 6.42 Å². The first-order valence-electron chi connectivity index (χ1n) is 3.74. The monoisotopic (exact) mass is 215 g/mol. The summed E-state index contributed by atoms with van der Waals surface area (Å²) < 4.78 is 0. The average Bonchev–Trinajstić information content (AvgIpc) is 2.01. The van der Waals surface area contributed by atoms with Gasteiger partial charge in [-0.2, -0.15) is 0 Å². The zero-order chi connectivity index (χ0) is 10.7. The van der Waals surface area contributed by atoms with Crippen LogP contribution in [0.3, 0.4) is 0 Å². The summed E-state index contributed by atoms with van der Waals surface area (Å²) in [5, 5.41) is 26.4. The lowest BCUT2D eigenvalue weighted by atomic mass is 9.78. The molecule has 74 valence electrons. The van der Waals surface area contributed by atoms with E-state index in [4.69, 9.17) is 26.8 Å². The van der Waals surface area contributed by atoms with E-state index in [-0.39, 0.29) is 16.3 Å². The Labute approximate surface area is 85.1 Å². The topological polar surface area (TPSA) is 90.7 Å². The van der Waals surface area contributed by atoms with Crippen LogP contribution in [-0.4, -0.2) is 33.2 Å². The minimum absolute atomic E-state index is 0.0526. The molecule has 0 aliphatic rings. The first kappa shape index (κ1) is 11.0. The predicted molar refractivity (Wildman–Crippen MR) is 50.4 cm³/mol. The highest BCUT2D eigenvalue weighted by Crippen LogP contribution is 2.04. The molecule has 0 spiro atoms. The Morgan fingerprint density at radius 3 is 2.64 bits per heavy atom. The molecule has 1 aromatic rings. The van der Waals surface area contributed by atoms with Crippen LogP contribution in [0.2, 0.25) is 5.15 Å². The van der Waals surface area contributed by atoms with E-state index in [0.717, 1.165) is 0 Å². The van der Waals surface area contributed by atoms with E-state index in [2.05, 4.69) is 4.98 Å². The molecule has 0 unspecified atom stereocenters. The Morgan fingerprint density at radius 1 is 1.50 bits per heavy atom. The van der Waals surface area contributed by atoms with E-state index in [9.17, 15) is 4.79 Å². The van der Waals surface area contributed by atoms with E-state index in [0.29, 0.717) is 0 Å². The van der Waals surface area contributed by atoms with Crippen LogP contribution in [0.1, 0.15) is 5.69 Å². The molecule has 0 fully saturated rings. The maximum atomic E-state index is 10.4. The van der Waals surface area contributed by atoms with Gasteiger partial charge in [-0.15, -0.1) is 0 Å². The third kappa shape index (κ3) is 2.70. The van der Waals surface area contributed by atoms with Gasteiger partial charge in [-0.1, -0.05) is 17.7 Å². The summed E-state index contributed by atoms with van der Waals surface area (Å²) in [6.07, 6.45) is -0.395. The molecule has 5 nitrogen and oxygen atoms in total. The zero-order valence-corrected chi connectivity index (χ0v) is 7.77. The Morgan fingerprint density at radius 2 is 2.14 bits per heavy atom. The molecule has 0 aliphatic heterocycles. The number of aliphatic carboxylic acids is 1. The third-order valence-electron chi connectivity index (χ3n) is 1.57. The first-order chi connectivity index (χ1) is 6.50. The van der Waals surface area contributed by atoms with E-state index < -0.39 is 19.5 Å². The number of rotatable bonds is 3. The predicted octanol–water partition coefficient (Wildman–Crippen LogP) is -0.958. The number of aromatic nitrogens is 1. The molecule has 0 atom stereocenters. The van der Waals surface area contributed by atoms with Gasteiger partial charge in [0.15, 0.2) is 0 Å². The van der Waals surface area contributed by atoms with Crippen LogP contribution >= 0.6 is 11.6 Å². The van der Waals surface area contributed by atoms with Crippen LogP contribution in [0, 0.1) is 0 Å². The quantitative estimate of drug-likeness (QED) is 0.446. The second-order valence-electron chi connectivity index (χ2n) is 2.61. The number of pyridine rings is 1. The number of carboxylic acids is 1. The standard InChI is InChI=1S/C7H7BClNO4/c9-6-2-1-4(8(13)14)5(10-6)3-7(11)12/h1-2,13-14H,3H2,(H,11,12). The molecular weight excluding hydrogens is 208 g/mol. The van der Waals surface area contributed by atoms with E-state index >= 15 is 0 Å². The maximum absolute atomic E-state index is 10.4. The van der Waals surface area contributed by atoms with Crippen LogP contribution in [0.4, 0.5) is 0 Å². The fourth-order valence-electron chi connectivity index (χ4n) is 1.01. The van der Waals surface area contributed by atoms with Crippen molar-refractivity contribution in [3.8, 4) is 0 Å². The number of hydrogen-bond acceptors (Lipinski definition) is 4. The lowest BCUT2D eigenvalue weighted by Gasteiger charge is -2.05. The number of carbonyl (C=O) groups is 1. The van der Waals surface area contributed by atoms with Crippen molar-refractivity contribution in [1.82, 2.24) is 4.98 Å². The van der Waals surface area contributed by atoms with Crippen LogP contribution in [-0.2, 0) is 11.2 Å². The maximum Gasteiger partial charge on any atom is 0.490 e. The van der Waals surface area contributed by atoms with Crippen molar-refractivity contribution >= 4 is 30.2 Å². The molecule has 0 saturated carbocycles. The summed E-state index contributed by atoms with van der Waals surface area (Å²) in [4.78, 5) is 14.1. The molecule has 0 bridgehead atoms. The summed E-state index contributed by atoms with van der Waals surface area (Å²) in [7, 11) is -1.74. The van der Waals surface area contributed by atoms with Gasteiger partial charge in [0.2, 0.25) is 0 Å². The molecule has 1 heterocycles. The van der Waals surface area contributed by atoms with Gasteiger partial charge in [-0.25, -0.2) is 4.98 Å². The van der Waals surface area contributed by atoms with Gasteiger partial charge in [-0.05, 0) is 6.07 Å². The Hall–Kier alpha value is -1.11. The molecule has 3 N–H and O–H groups in total. The van der Waals surface area contributed by atoms with Gasteiger partial charge >= 0.3 is 13.1 Å². The molecule has 0 aromatic carbocycles. The van der Waals surface area contributed by atoms with Gasteiger partial charge in [0.25, 0.3) is 0 Å². The fourth-order valence-corrected chi connectivity index (χ4v) is 1.17. The molecule has 0 amide bonds.